The van der Waals surface area contributed by atoms with Crippen molar-refractivity contribution in [2.75, 3.05) is 0 Å². The molecule has 2 aromatic heterocycles. The van der Waals surface area contributed by atoms with Gasteiger partial charge in [0.05, 0.1) is 5.02 Å². The molecule has 0 aliphatic heterocycles. The number of carboxylic acids is 1. The Kier molecular flexibility index (Phi) is 2.39. The van der Waals surface area contributed by atoms with Crippen molar-refractivity contribution in [2.45, 2.75) is 0 Å². The summed E-state index contributed by atoms with van der Waals surface area (Å²) >= 11 is 5.68. The van der Waals surface area contributed by atoms with E-state index < -0.39 is 5.97 Å². The molecule has 0 spiro atoms. The lowest BCUT2D eigenvalue weighted by Gasteiger charge is -2.02. The molecule has 0 aromatic carbocycles. The summed E-state index contributed by atoms with van der Waals surface area (Å²) < 4.78 is 1.46. The maximum Gasteiger partial charge on any atom is 0.356 e. The molecule has 2 aromatic rings. The molecule has 1 N–H and O–H groups in total. The quantitative estimate of drug-likeness (QED) is 0.840. The van der Waals surface area contributed by atoms with Crippen LogP contribution in [0.1, 0.15) is 10.5 Å². The lowest BCUT2D eigenvalue weighted by atomic mass is 10.3. The van der Waals surface area contributed by atoms with Gasteiger partial charge in [0.15, 0.2) is 11.5 Å². The van der Waals surface area contributed by atoms with Gasteiger partial charge in [-0.15, -0.1) is 0 Å². The standard InChI is InChI=1S/C9H6ClN3O2/c10-6-2-3-7(12-8(6)9(14)15)13-5-1-4-11-13/h1-5H,(H,14,15). The summed E-state index contributed by atoms with van der Waals surface area (Å²) in [5.74, 6) is -0.740. The number of rotatable bonds is 2. The number of hydrogen-bond acceptors (Lipinski definition) is 3. The van der Waals surface area contributed by atoms with Crippen LogP contribution in [0, 0.1) is 0 Å². The van der Waals surface area contributed by atoms with Gasteiger partial charge in [-0.1, -0.05) is 11.6 Å². The van der Waals surface area contributed by atoms with E-state index in [2.05, 4.69) is 10.1 Å². The molecule has 0 aliphatic carbocycles. The molecular weight excluding hydrogens is 218 g/mol. The highest BCUT2D eigenvalue weighted by Crippen LogP contribution is 2.15. The third-order valence-corrected chi connectivity index (χ3v) is 2.08. The molecule has 2 heterocycles. The molecule has 6 heteroatoms. The first-order valence-electron chi connectivity index (χ1n) is 4.08. The Morgan fingerprint density at radius 1 is 1.47 bits per heavy atom. The van der Waals surface area contributed by atoms with Gasteiger partial charge in [-0.3, -0.25) is 0 Å². The lowest BCUT2D eigenvalue weighted by molar-refractivity contribution is 0.0690. The van der Waals surface area contributed by atoms with Crippen LogP contribution in [0.5, 0.6) is 0 Å². The fourth-order valence-electron chi connectivity index (χ4n) is 1.11. The second-order valence-electron chi connectivity index (χ2n) is 2.76. The van der Waals surface area contributed by atoms with E-state index in [4.69, 9.17) is 16.7 Å². The summed E-state index contributed by atoms with van der Waals surface area (Å²) in [7, 11) is 0. The Morgan fingerprint density at radius 3 is 2.87 bits per heavy atom. The minimum Gasteiger partial charge on any atom is -0.476 e. The highest BCUT2D eigenvalue weighted by Gasteiger charge is 2.11. The van der Waals surface area contributed by atoms with E-state index >= 15 is 0 Å². The monoisotopic (exact) mass is 223 g/mol. The number of halogens is 1. The summed E-state index contributed by atoms with van der Waals surface area (Å²) in [5.41, 5.74) is -0.176. The lowest BCUT2D eigenvalue weighted by Crippen LogP contribution is -2.06. The Labute approximate surface area is 89.9 Å². The van der Waals surface area contributed by atoms with Gasteiger partial charge in [0.1, 0.15) is 0 Å². The fraction of sp³-hybridized carbons (Fsp3) is 0. The van der Waals surface area contributed by atoms with E-state index in [9.17, 15) is 4.79 Å². The first-order chi connectivity index (χ1) is 7.18. The van der Waals surface area contributed by atoms with E-state index in [0.717, 1.165) is 0 Å². The van der Waals surface area contributed by atoms with Crippen molar-refractivity contribution >= 4 is 17.6 Å². The van der Waals surface area contributed by atoms with Crippen molar-refractivity contribution in [1.29, 1.82) is 0 Å². The minimum absolute atomic E-state index is 0.110. The molecule has 5 nitrogen and oxygen atoms in total. The molecule has 76 valence electrons. The molecule has 0 amide bonds. The number of carboxylic acid groups (broad SMARTS) is 1. The number of nitrogens with zero attached hydrogens (tertiary/aromatic N) is 3. The van der Waals surface area contributed by atoms with Gasteiger partial charge < -0.3 is 5.11 Å². The van der Waals surface area contributed by atoms with Gasteiger partial charge in [0.25, 0.3) is 0 Å². The summed E-state index contributed by atoms with van der Waals surface area (Å²) in [5, 5.41) is 12.9. The van der Waals surface area contributed by atoms with E-state index in [0.29, 0.717) is 5.82 Å². The molecule has 0 fully saturated rings. The molecule has 0 saturated heterocycles. The van der Waals surface area contributed by atoms with Gasteiger partial charge in [0.2, 0.25) is 0 Å². The van der Waals surface area contributed by atoms with Crippen LogP contribution in [0.15, 0.2) is 30.6 Å². The Bertz CT molecular complexity index is 496. The van der Waals surface area contributed by atoms with E-state index in [1.165, 1.54) is 10.7 Å². The van der Waals surface area contributed by atoms with Crippen molar-refractivity contribution in [3.05, 3.63) is 41.3 Å². The Morgan fingerprint density at radius 2 is 2.27 bits per heavy atom. The van der Waals surface area contributed by atoms with Crippen LogP contribution in [0.3, 0.4) is 0 Å². The van der Waals surface area contributed by atoms with Crippen molar-refractivity contribution < 1.29 is 9.90 Å². The van der Waals surface area contributed by atoms with E-state index in [1.54, 1.807) is 24.5 Å². The van der Waals surface area contributed by atoms with Crippen molar-refractivity contribution in [3.8, 4) is 5.82 Å². The second-order valence-corrected chi connectivity index (χ2v) is 3.16. The van der Waals surface area contributed by atoms with Gasteiger partial charge in [0, 0.05) is 12.4 Å². The number of pyridine rings is 1. The molecule has 0 aliphatic rings. The average molecular weight is 224 g/mol. The SMILES string of the molecule is O=C(O)c1nc(-n2cccn2)ccc1Cl. The average Bonchev–Trinajstić information content (AvgIpc) is 2.71. The number of aromatic nitrogens is 3. The third-order valence-electron chi connectivity index (χ3n) is 1.77. The smallest absolute Gasteiger partial charge is 0.356 e. The zero-order valence-electron chi connectivity index (χ0n) is 7.46. The van der Waals surface area contributed by atoms with Crippen LogP contribution < -0.4 is 0 Å². The minimum atomic E-state index is -1.16. The second kappa shape index (κ2) is 3.70. The largest absolute Gasteiger partial charge is 0.476 e. The topological polar surface area (TPSA) is 68.0 Å². The van der Waals surface area contributed by atoms with Crippen LogP contribution in [-0.4, -0.2) is 25.8 Å². The number of carbonyl (C=O) groups is 1. The molecular formula is C9H6ClN3O2. The van der Waals surface area contributed by atoms with Crippen LogP contribution in [0.4, 0.5) is 0 Å². The Hall–Kier alpha value is -1.88. The van der Waals surface area contributed by atoms with Crippen molar-refractivity contribution in [3.63, 3.8) is 0 Å². The van der Waals surface area contributed by atoms with E-state index in [-0.39, 0.29) is 10.7 Å². The zero-order chi connectivity index (χ0) is 10.8. The summed E-state index contributed by atoms with van der Waals surface area (Å²) in [6, 6.07) is 4.80. The zero-order valence-corrected chi connectivity index (χ0v) is 8.22. The van der Waals surface area contributed by atoms with Gasteiger partial charge in [-0.2, -0.15) is 5.10 Å². The highest BCUT2D eigenvalue weighted by molar-refractivity contribution is 6.33. The molecule has 0 unspecified atom stereocenters. The first kappa shape index (κ1) is 9.67. The van der Waals surface area contributed by atoms with Gasteiger partial charge in [-0.05, 0) is 18.2 Å². The predicted octanol–water partition coefficient (Wildman–Crippen LogP) is 1.62. The molecule has 0 saturated carbocycles. The number of hydrogen-bond donors (Lipinski definition) is 1. The molecule has 15 heavy (non-hydrogen) atoms. The first-order valence-corrected chi connectivity index (χ1v) is 4.46. The fourth-order valence-corrected chi connectivity index (χ4v) is 1.30. The number of aromatic carboxylic acids is 1. The van der Waals surface area contributed by atoms with Crippen molar-refractivity contribution in [2.24, 2.45) is 0 Å². The summed E-state index contributed by atoms with van der Waals surface area (Å²) in [6.45, 7) is 0. The maximum absolute atomic E-state index is 10.8. The van der Waals surface area contributed by atoms with Gasteiger partial charge in [-0.25, -0.2) is 14.5 Å². The maximum atomic E-state index is 10.8. The normalized spacial score (nSPS) is 10.2. The van der Waals surface area contributed by atoms with Crippen molar-refractivity contribution in [1.82, 2.24) is 14.8 Å². The molecule has 0 radical (unpaired) electrons. The summed E-state index contributed by atoms with van der Waals surface area (Å²) in [6.07, 6.45) is 3.25. The van der Waals surface area contributed by atoms with Crippen LogP contribution in [0.2, 0.25) is 5.02 Å². The predicted molar refractivity (Wildman–Crippen MR) is 53.3 cm³/mol. The van der Waals surface area contributed by atoms with Gasteiger partial charge >= 0.3 is 5.97 Å². The van der Waals surface area contributed by atoms with E-state index in [1.807, 2.05) is 0 Å². The highest BCUT2D eigenvalue weighted by atomic mass is 35.5. The summed E-state index contributed by atoms with van der Waals surface area (Å²) in [4.78, 5) is 14.7. The van der Waals surface area contributed by atoms with Crippen LogP contribution in [0.25, 0.3) is 5.82 Å². The Balaban J connectivity index is 2.52. The van der Waals surface area contributed by atoms with Crippen LogP contribution >= 0.6 is 11.6 Å². The van der Waals surface area contributed by atoms with Crippen LogP contribution in [-0.2, 0) is 0 Å². The molecule has 2 rings (SSSR count). The molecule has 0 bridgehead atoms. The molecule has 0 atom stereocenters. The third kappa shape index (κ3) is 1.82.